The molecule has 0 fully saturated rings. The van der Waals surface area contributed by atoms with Gasteiger partial charge in [0, 0.05) is 16.4 Å². The fourth-order valence-corrected chi connectivity index (χ4v) is 3.81. The number of benzene rings is 1. The summed E-state index contributed by atoms with van der Waals surface area (Å²) in [5, 5.41) is 2.00. The van der Waals surface area contributed by atoms with Gasteiger partial charge >= 0.3 is 0 Å². The maximum atomic E-state index is 12.3. The largest absolute Gasteiger partial charge is 0.319 e. The van der Waals surface area contributed by atoms with Crippen LogP contribution >= 0.6 is 7.14 Å². The first kappa shape index (κ1) is 11.3. The quantitative estimate of drug-likeness (QED) is 0.708. The zero-order valence-corrected chi connectivity index (χ0v) is 11.0. The summed E-state index contributed by atoms with van der Waals surface area (Å²) < 4.78 is 12.3. The van der Waals surface area contributed by atoms with Gasteiger partial charge in [-0.3, -0.25) is 4.98 Å². The minimum Gasteiger partial charge on any atom is -0.319 e. The van der Waals surface area contributed by atoms with Crippen molar-refractivity contribution in [2.45, 2.75) is 13.8 Å². The molecule has 0 spiro atoms. The van der Waals surface area contributed by atoms with Crippen molar-refractivity contribution >= 4 is 23.3 Å². The van der Waals surface area contributed by atoms with Gasteiger partial charge in [-0.15, -0.1) is 0 Å². The molecular formula is C13H16NOP. The van der Waals surface area contributed by atoms with Gasteiger partial charge in [-0.05, 0) is 44.9 Å². The first-order chi connectivity index (χ1) is 7.39. The SMILES string of the molecule is Cc1ccc2c(P(C)(C)=O)c(C)ccc2n1. The third-order valence-electron chi connectivity index (χ3n) is 2.72. The Kier molecular flexibility index (Phi) is 2.63. The minimum absolute atomic E-state index is 0.935. The molecule has 0 bridgehead atoms. The normalized spacial score (nSPS) is 12.0. The van der Waals surface area contributed by atoms with Crippen LogP contribution in [0, 0.1) is 13.8 Å². The number of pyridine rings is 1. The Labute approximate surface area is 96.1 Å². The first-order valence-electron chi connectivity index (χ1n) is 5.32. The summed E-state index contributed by atoms with van der Waals surface area (Å²) in [5.41, 5.74) is 3.01. The number of aromatic nitrogens is 1. The van der Waals surface area contributed by atoms with Crippen LogP contribution in [0.3, 0.4) is 0 Å². The van der Waals surface area contributed by atoms with Crippen LogP contribution in [0.4, 0.5) is 0 Å². The van der Waals surface area contributed by atoms with Crippen molar-refractivity contribution in [1.82, 2.24) is 4.98 Å². The molecule has 0 saturated heterocycles. The highest BCUT2D eigenvalue weighted by molar-refractivity contribution is 7.70. The van der Waals surface area contributed by atoms with Crippen molar-refractivity contribution < 1.29 is 4.57 Å². The Bertz CT molecular complexity index is 598. The third kappa shape index (κ3) is 1.90. The van der Waals surface area contributed by atoms with Gasteiger partial charge < -0.3 is 4.57 Å². The van der Waals surface area contributed by atoms with Gasteiger partial charge in [0.05, 0.1) is 5.52 Å². The summed E-state index contributed by atoms with van der Waals surface area (Å²) in [7, 11) is -2.26. The molecule has 1 aromatic heterocycles. The maximum absolute atomic E-state index is 12.3. The van der Waals surface area contributed by atoms with Crippen molar-refractivity contribution in [2.75, 3.05) is 13.3 Å². The Morgan fingerprint density at radius 3 is 2.38 bits per heavy atom. The van der Waals surface area contributed by atoms with Crippen molar-refractivity contribution in [1.29, 1.82) is 0 Å². The highest BCUT2D eigenvalue weighted by Gasteiger charge is 2.17. The van der Waals surface area contributed by atoms with Crippen LogP contribution in [-0.2, 0) is 4.57 Å². The Hall–Kier alpha value is -1.14. The Morgan fingerprint density at radius 1 is 1.06 bits per heavy atom. The summed E-state index contributed by atoms with van der Waals surface area (Å²) in [6, 6.07) is 8.00. The molecule has 1 aromatic carbocycles. The number of aryl methyl sites for hydroxylation is 2. The lowest BCUT2D eigenvalue weighted by Crippen LogP contribution is -2.09. The number of fused-ring (bicyclic) bond motifs is 1. The van der Waals surface area contributed by atoms with E-state index in [-0.39, 0.29) is 0 Å². The van der Waals surface area contributed by atoms with Gasteiger partial charge in [0.2, 0.25) is 0 Å². The van der Waals surface area contributed by atoms with Crippen LogP contribution in [0.2, 0.25) is 0 Å². The molecule has 0 aliphatic heterocycles. The van der Waals surface area contributed by atoms with Gasteiger partial charge in [0.25, 0.3) is 0 Å². The molecular weight excluding hydrogens is 217 g/mol. The van der Waals surface area contributed by atoms with E-state index in [2.05, 4.69) is 4.98 Å². The molecule has 84 valence electrons. The molecule has 0 amide bonds. The highest BCUT2D eigenvalue weighted by atomic mass is 31.2. The molecule has 0 aliphatic rings. The van der Waals surface area contributed by atoms with E-state index in [1.165, 1.54) is 0 Å². The van der Waals surface area contributed by atoms with Gasteiger partial charge in [-0.25, -0.2) is 0 Å². The molecule has 1 heterocycles. The number of hydrogen-bond acceptors (Lipinski definition) is 2. The van der Waals surface area contributed by atoms with Crippen molar-refractivity contribution in [3.8, 4) is 0 Å². The topological polar surface area (TPSA) is 30.0 Å². The zero-order valence-electron chi connectivity index (χ0n) is 10.1. The molecule has 2 nitrogen and oxygen atoms in total. The van der Waals surface area contributed by atoms with Gasteiger partial charge in [-0.2, -0.15) is 0 Å². The Morgan fingerprint density at radius 2 is 1.75 bits per heavy atom. The van der Waals surface area contributed by atoms with Crippen LogP contribution in [0.1, 0.15) is 11.3 Å². The molecule has 0 N–H and O–H groups in total. The minimum atomic E-state index is -2.26. The number of rotatable bonds is 1. The lowest BCUT2D eigenvalue weighted by molar-refractivity contribution is 0.588. The molecule has 2 rings (SSSR count). The van der Waals surface area contributed by atoms with Crippen LogP contribution in [0.15, 0.2) is 24.3 Å². The van der Waals surface area contributed by atoms with Crippen LogP contribution in [-0.4, -0.2) is 18.3 Å². The molecule has 0 radical (unpaired) electrons. The molecule has 0 unspecified atom stereocenters. The fourth-order valence-electron chi connectivity index (χ4n) is 2.11. The summed E-state index contributed by atoms with van der Waals surface area (Å²) in [6.45, 7) is 7.61. The second kappa shape index (κ2) is 3.71. The van der Waals surface area contributed by atoms with E-state index in [1.54, 1.807) is 0 Å². The molecule has 0 saturated carbocycles. The highest BCUT2D eigenvalue weighted by Crippen LogP contribution is 2.38. The van der Waals surface area contributed by atoms with E-state index < -0.39 is 7.14 Å². The molecule has 16 heavy (non-hydrogen) atoms. The Balaban J connectivity index is 2.91. The van der Waals surface area contributed by atoms with E-state index in [9.17, 15) is 4.57 Å². The molecule has 0 atom stereocenters. The average Bonchev–Trinajstić information content (AvgIpc) is 2.16. The van der Waals surface area contributed by atoms with E-state index in [0.717, 1.165) is 27.5 Å². The molecule has 2 aromatic rings. The maximum Gasteiger partial charge on any atom is 0.110 e. The average molecular weight is 233 g/mol. The summed E-state index contributed by atoms with van der Waals surface area (Å²) in [6.07, 6.45) is 0. The van der Waals surface area contributed by atoms with Crippen LogP contribution in [0.25, 0.3) is 10.9 Å². The molecule has 0 aliphatic carbocycles. The summed E-state index contributed by atoms with van der Waals surface area (Å²) in [5.74, 6) is 0. The zero-order chi connectivity index (χ0) is 11.9. The predicted molar refractivity (Wildman–Crippen MR) is 70.3 cm³/mol. The fraction of sp³-hybridized carbons (Fsp3) is 0.308. The van der Waals surface area contributed by atoms with E-state index in [0.29, 0.717) is 0 Å². The number of nitrogens with zero attached hydrogens (tertiary/aromatic N) is 1. The second-order valence-electron chi connectivity index (χ2n) is 4.60. The predicted octanol–water partition coefficient (Wildman–Crippen LogP) is 3.10. The van der Waals surface area contributed by atoms with E-state index >= 15 is 0 Å². The van der Waals surface area contributed by atoms with Crippen molar-refractivity contribution in [3.63, 3.8) is 0 Å². The monoisotopic (exact) mass is 233 g/mol. The first-order valence-corrected chi connectivity index (χ1v) is 7.92. The van der Waals surface area contributed by atoms with Gasteiger partial charge in [-0.1, -0.05) is 12.1 Å². The standard InChI is InChI=1S/C13H16NOP/c1-9-5-8-12-11(7-6-10(2)14-12)13(9)16(3,4)15/h5-8H,1-4H3. The van der Waals surface area contributed by atoms with E-state index in [4.69, 9.17) is 0 Å². The van der Waals surface area contributed by atoms with Gasteiger partial charge in [0.1, 0.15) is 7.14 Å². The number of hydrogen-bond donors (Lipinski definition) is 0. The van der Waals surface area contributed by atoms with Crippen LogP contribution < -0.4 is 5.30 Å². The van der Waals surface area contributed by atoms with E-state index in [1.807, 2.05) is 51.4 Å². The summed E-state index contributed by atoms with van der Waals surface area (Å²) in [4.78, 5) is 4.47. The van der Waals surface area contributed by atoms with Crippen molar-refractivity contribution in [3.05, 3.63) is 35.5 Å². The molecule has 3 heteroatoms. The van der Waals surface area contributed by atoms with Gasteiger partial charge in [0.15, 0.2) is 0 Å². The smallest absolute Gasteiger partial charge is 0.110 e. The summed E-state index contributed by atoms with van der Waals surface area (Å²) >= 11 is 0. The third-order valence-corrected chi connectivity index (χ3v) is 4.39. The van der Waals surface area contributed by atoms with Crippen LogP contribution in [0.5, 0.6) is 0 Å². The second-order valence-corrected chi connectivity index (χ2v) is 7.75. The lowest BCUT2D eigenvalue weighted by Gasteiger charge is -2.14. The lowest BCUT2D eigenvalue weighted by atomic mass is 10.1. The van der Waals surface area contributed by atoms with Crippen molar-refractivity contribution in [2.24, 2.45) is 0 Å².